The lowest BCUT2D eigenvalue weighted by molar-refractivity contribution is 0.0410. The Labute approximate surface area is 153 Å². The summed E-state index contributed by atoms with van der Waals surface area (Å²) in [6, 6.07) is 5.20. The van der Waals surface area contributed by atoms with E-state index in [4.69, 9.17) is 9.72 Å². The van der Waals surface area contributed by atoms with Crippen LogP contribution in [-0.4, -0.2) is 50.8 Å². The zero-order valence-corrected chi connectivity index (χ0v) is 15.4. The number of benzene rings is 1. The molecule has 1 atom stereocenters. The van der Waals surface area contributed by atoms with E-state index in [1.165, 1.54) is 19.3 Å². The molecule has 6 heteroatoms. The van der Waals surface area contributed by atoms with E-state index in [0.29, 0.717) is 18.2 Å². The molecule has 2 aliphatic rings. The zero-order valence-electron chi connectivity index (χ0n) is 15.4. The number of carbonyl (C=O) groups is 1. The Balaban J connectivity index is 1.65. The first-order valence-corrected chi connectivity index (χ1v) is 9.70. The Bertz CT molecular complexity index is 791. The fourth-order valence-corrected chi connectivity index (χ4v) is 3.78. The first kappa shape index (κ1) is 17.5. The van der Waals surface area contributed by atoms with Crippen molar-refractivity contribution in [2.75, 3.05) is 13.1 Å². The summed E-state index contributed by atoms with van der Waals surface area (Å²) in [5, 5.41) is 9.35. The Morgan fingerprint density at radius 3 is 2.77 bits per heavy atom. The Hall–Kier alpha value is -1.92. The SMILES string of the molecule is CC(Cn1c(CN2CCCCC2)nc2ccc(C(=O)O)cc21)OC1CC1. The molecular formula is C20H27N3O3. The highest BCUT2D eigenvalue weighted by Gasteiger charge is 2.26. The minimum Gasteiger partial charge on any atom is -0.478 e. The van der Waals surface area contributed by atoms with Crippen LogP contribution in [0.3, 0.4) is 0 Å². The van der Waals surface area contributed by atoms with Crippen molar-refractivity contribution in [1.29, 1.82) is 0 Å². The number of carboxylic acids is 1. The lowest BCUT2D eigenvalue weighted by Gasteiger charge is -2.26. The number of aromatic carboxylic acids is 1. The molecule has 0 amide bonds. The van der Waals surface area contributed by atoms with E-state index >= 15 is 0 Å². The summed E-state index contributed by atoms with van der Waals surface area (Å²) in [6.45, 7) is 5.83. The van der Waals surface area contributed by atoms with E-state index in [0.717, 1.165) is 49.3 Å². The van der Waals surface area contributed by atoms with Gasteiger partial charge in [-0.05, 0) is 63.9 Å². The lowest BCUT2D eigenvalue weighted by Crippen LogP contribution is -2.31. The summed E-state index contributed by atoms with van der Waals surface area (Å²) in [7, 11) is 0. The molecule has 1 N–H and O–H groups in total. The zero-order chi connectivity index (χ0) is 18.1. The number of rotatable bonds is 7. The molecule has 1 unspecified atom stereocenters. The van der Waals surface area contributed by atoms with Crippen LogP contribution in [0.2, 0.25) is 0 Å². The second-order valence-electron chi connectivity index (χ2n) is 7.63. The quantitative estimate of drug-likeness (QED) is 0.824. The number of aromatic nitrogens is 2. The van der Waals surface area contributed by atoms with Crippen LogP contribution in [0, 0.1) is 0 Å². The number of ether oxygens (including phenoxy) is 1. The maximum atomic E-state index is 11.4. The van der Waals surface area contributed by atoms with Crippen molar-refractivity contribution in [1.82, 2.24) is 14.5 Å². The van der Waals surface area contributed by atoms with Crippen molar-refractivity contribution in [3.8, 4) is 0 Å². The van der Waals surface area contributed by atoms with Gasteiger partial charge in [0.1, 0.15) is 5.82 Å². The fourth-order valence-electron chi connectivity index (χ4n) is 3.78. The average Bonchev–Trinajstić information content (AvgIpc) is 3.38. The Kier molecular flexibility index (Phi) is 4.96. The first-order valence-electron chi connectivity index (χ1n) is 9.70. The summed E-state index contributed by atoms with van der Waals surface area (Å²) >= 11 is 0. The van der Waals surface area contributed by atoms with Crippen LogP contribution < -0.4 is 0 Å². The largest absolute Gasteiger partial charge is 0.478 e. The van der Waals surface area contributed by atoms with E-state index in [-0.39, 0.29) is 6.10 Å². The molecule has 26 heavy (non-hydrogen) atoms. The maximum absolute atomic E-state index is 11.4. The second kappa shape index (κ2) is 7.37. The maximum Gasteiger partial charge on any atom is 0.335 e. The highest BCUT2D eigenvalue weighted by molar-refractivity contribution is 5.92. The summed E-state index contributed by atoms with van der Waals surface area (Å²) in [5.74, 6) is 0.107. The number of fused-ring (bicyclic) bond motifs is 1. The number of hydrogen-bond donors (Lipinski definition) is 1. The number of hydrogen-bond acceptors (Lipinski definition) is 4. The van der Waals surface area contributed by atoms with Gasteiger partial charge in [0.15, 0.2) is 0 Å². The molecule has 2 aromatic rings. The van der Waals surface area contributed by atoms with Crippen molar-refractivity contribution in [2.24, 2.45) is 0 Å². The third-order valence-corrected chi connectivity index (χ3v) is 5.28. The minimum atomic E-state index is -0.903. The van der Waals surface area contributed by atoms with Crippen molar-refractivity contribution in [2.45, 2.75) is 64.3 Å². The van der Waals surface area contributed by atoms with Gasteiger partial charge < -0.3 is 14.4 Å². The third-order valence-electron chi connectivity index (χ3n) is 5.28. The van der Waals surface area contributed by atoms with Crippen LogP contribution in [0.15, 0.2) is 18.2 Å². The molecule has 1 aliphatic carbocycles. The Morgan fingerprint density at radius 2 is 2.08 bits per heavy atom. The molecule has 0 bridgehead atoms. The predicted molar refractivity (Wildman–Crippen MR) is 99.4 cm³/mol. The van der Waals surface area contributed by atoms with E-state index in [1.54, 1.807) is 12.1 Å². The van der Waals surface area contributed by atoms with E-state index in [9.17, 15) is 9.90 Å². The van der Waals surface area contributed by atoms with Crippen LogP contribution in [0.25, 0.3) is 11.0 Å². The summed E-state index contributed by atoms with van der Waals surface area (Å²) < 4.78 is 8.20. The third kappa shape index (κ3) is 3.91. The van der Waals surface area contributed by atoms with Crippen LogP contribution in [0.4, 0.5) is 0 Å². The number of piperidine rings is 1. The van der Waals surface area contributed by atoms with Gasteiger partial charge in [-0.1, -0.05) is 6.42 Å². The van der Waals surface area contributed by atoms with Gasteiger partial charge in [-0.25, -0.2) is 9.78 Å². The van der Waals surface area contributed by atoms with Gasteiger partial charge in [-0.2, -0.15) is 0 Å². The molecule has 1 saturated heterocycles. The Morgan fingerprint density at radius 1 is 1.31 bits per heavy atom. The molecule has 1 aromatic heterocycles. The van der Waals surface area contributed by atoms with Gasteiger partial charge >= 0.3 is 5.97 Å². The van der Waals surface area contributed by atoms with E-state index < -0.39 is 5.97 Å². The van der Waals surface area contributed by atoms with E-state index in [1.807, 2.05) is 6.07 Å². The van der Waals surface area contributed by atoms with Crippen molar-refractivity contribution in [3.05, 3.63) is 29.6 Å². The first-order chi connectivity index (χ1) is 12.6. The average molecular weight is 357 g/mol. The molecule has 4 rings (SSSR count). The monoisotopic (exact) mass is 357 g/mol. The molecule has 2 fully saturated rings. The molecule has 6 nitrogen and oxygen atoms in total. The van der Waals surface area contributed by atoms with Gasteiger partial charge in [0.05, 0.1) is 41.9 Å². The fraction of sp³-hybridized carbons (Fsp3) is 0.600. The standard InChI is InChI=1S/C20H27N3O3/c1-14(26-16-6-7-16)12-23-18-11-15(20(24)25)5-8-17(18)21-19(23)13-22-9-3-2-4-10-22/h5,8,11,14,16H,2-4,6-7,9-10,12-13H2,1H3,(H,24,25). The topological polar surface area (TPSA) is 67.6 Å². The van der Waals surface area contributed by atoms with Crippen molar-refractivity contribution in [3.63, 3.8) is 0 Å². The molecule has 0 radical (unpaired) electrons. The molecule has 140 valence electrons. The van der Waals surface area contributed by atoms with Crippen LogP contribution in [-0.2, 0) is 17.8 Å². The summed E-state index contributed by atoms with van der Waals surface area (Å²) in [5.41, 5.74) is 2.06. The molecule has 1 aromatic carbocycles. The smallest absolute Gasteiger partial charge is 0.335 e. The highest BCUT2D eigenvalue weighted by Crippen LogP contribution is 2.27. The molecule has 2 heterocycles. The van der Waals surface area contributed by atoms with Crippen LogP contribution in [0.5, 0.6) is 0 Å². The van der Waals surface area contributed by atoms with Gasteiger partial charge in [-0.15, -0.1) is 0 Å². The normalized spacial score (nSPS) is 19.7. The van der Waals surface area contributed by atoms with Crippen LogP contribution in [0.1, 0.15) is 55.2 Å². The molecule has 0 spiro atoms. The number of imidazole rings is 1. The number of carboxylic acid groups (broad SMARTS) is 1. The van der Waals surface area contributed by atoms with Crippen molar-refractivity contribution >= 4 is 17.0 Å². The lowest BCUT2D eigenvalue weighted by atomic mass is 10.1. The van der Waals surface area contributed by atoms with Crippen LogP contribution >= 0.6 is 0 Å². The molecule has 1 saturated carbocycles. The van der Waals surface area contributed by atoms with Crippen molar-refractivity contribution < 1.29 is 14.6 Å². The molecular weight excluding hydrogens is 330 g/mol. The predicted octanol–water partition coefficient (Wildman–Crippen LogP) is 3.29. The van der Waals surface area contributed by atoms with E-state index in [2.05, 4.69) is 16.4 Å². The van der Waals surface area contributed by atoms with Gasteiger partial charge in [-0.3, -0.25) is 4.90 Å². The minimum absolute atomic E-state index is 0.0912. The number of nitrogens with zero attached hydrogens (tertiary/aromatic N) is 3. The van der Waals surface area contributed by atoms with Gasteiger partial charge in [0.25, 0.3) is 0 Å². The van der Waals surface area contributed by atoms with Gasteiger partial charge in [0, 0.05) is 0 Å². The highest BCUT2D eigenvalue weighted by atomic mass is 16.5. The van der Waals surface area contributed by atoms with Gasteiger partial charge in [0.2, 0.25) is 0 Å². The summed E-state index contributed by atoms with van der Waals surface area (Å²) in [6.07, 6.45) is 6.59. The molecule has 1 aliphatic heterocycles. The number of likely N-dealkylation sites (tertiary alicyclic amines) is 1. The second-order valence-corrected chi connectivity index (χ2v) is 7.63. The summed E-state index contributed by atoms with van der Waals surface area (Å²) in [4.78, 5) is 18.7.